The van der Waals surface area contributed by atoms with Crippen LogP contribution in [-0.2, 0) is 6.42 Å². The number of benzene rings is 3. The monoisotopic (exact) mass is 384 g/mol. The minimum atomic E-state index is 0.179. The van der Waals surface area contributed by atoms with Crippen LogP contribution in [0.1, 0.15) is 11.1 Å². The van der Waals surface area contributed by atoms with Crippen molar-refractivity contribution in [1.82, 2.24) is 0 Å². The molecule has 148 valence electrons. The Balaban J connectivity index is 2.12. The van der Waals surface area contributed by atoms with Crippen LogP contribution >= 0.6 is 0 Å². The summed E-state index contributed by atoms with van der Waals surface area (Å²) in [6.45, 7) is 0. The highest BCUT2D eigenvalue weighted by Crippen LogP contribution is 2.41. The average Bonchev–Trinajstić information content (AvgIpc) is 2.74. The maximum Gasteiger partial charge on any atom is 0.161 e. The van der Waals surface area contributed by atoms with Gasteiger partial charge in [0.25, 0.3) is 0 Å². The Morgan fingerprint density at radius 3 is 1.79 bits per heavy atom. The van der Waals surface area contributed by atoms with Crippen molar-refractivity contribution in [3.8, 4) is 34.5 Å². The van der Waals surface area contributed by atoms with Crippen LogP contribution in [0.4, 0.5) is 0 Å². The lowest BCUT2D eigenvalue weighted by molar-refractivity contribution is 0.355. The summed E-state index contributed by atoms with van der Waals surface area (Å²) in [6.07, 6.45) is 0.423. The van der Waals surface area contributed by atoms with E-state index in [0.717, 1.165) is 16.5 Å². The molecule has 0 amide bonds. The number of hydrogen-bond acceptors (Lipinski definition) is 6. The fourth-order valence-electron chi connectivity index (χ4n) is 3.27. The molecule has 3 aromatic rings. The van der Waals surface area contributed by atoms with E-state index in [-0.39, 0.29) is 5.75 Å². The zero-order chi connectivity index (χ0) is 20.3. The fourth-order valence-corrected chi connectivity index (χ4v) is 3.27. The van der Waals surface area contributed by atoms with Gasteiger partial charge in [0.2, 0.25) is 0 Å². The van der Waals surface area contributed by atoms with Gasteiger partial charge >= 0.3 is 0 Å². The first-order valence-corrected chi connectivity index (χ1v) is 8.71. The number of phenolic OH excluding ortho intramolecular Hbond substituents is 1. The Morgan fingerprint density at radius 2 is 1.25 bits per heavy atom. The smallest absolute Gasteiger partial charge is 0.161 e. The molecule has 0 saturated heterocycles. The van der Waals surface area contributed by atoms with Crippen molar-refractivity contribution in [3.63, 3.8) is 0 Å². The molecule has 0 heterocycles. The van der Waals surface area contributed by atoms with Gasteiger partial charge in [-0.2, -0.15) is 0 Å². The normalized spacial score (nSPS) is 10.6. The second kappa shape index (κ2) is 8.17. The average molecular weight is 384 g/mol. The molecule has 0 fully saturated rings. The molecule has 0 saturated carbocycles. The number of aromatic hydroxyl groups is 1. The summed E-state index contributed by atoms with van der Waals surface area (Å²) in [7, 11) is 7.92. The predicted octanol–water partition coefficient (Wildman–Crippen LogP) is 4.18. The molecule has 0 atom stereocenters. The van der Waals surface area contributed by atoms with Gasteiger partial charge in [-0.3, -0.25) is 0 Å². The Hall–Kier alpha value is -3.28. The molecule has 1 N–H and O–H groups in total. The highest BCUT2D eigenvalue weighted by Gasteiger charge is 2.17. The van der Waals surface area contributed by atoms with Crippen LogP contribution in [-0.4, -0.2) is 40.7 Å². The molecular weight excluding hydrogens is 360 g/mol. The third-order valence-corrected chi connectivity index (χ3v) is 4.76. The van der Waals surface area contributed by atoms with Crippen molar-refractivity contribution in [2.75, 3.05) is 35.5 Å². The first-order chi connectivity index (χ1) is 13.6. The molecule has 0 bridgehead atoms. The molecule has 0 radical (unpaired) electrons. The van der Waals surface area contributed by atoms with Crippen LogP contribution < -0.4 is 23.7 Å². The number of ether oxygens (including phenoxy) is 5. The summed E-state index contributed by atoms with van der Waals surface area (Å²) in [6, 6.07) is 11.0. The van der Waals surface area contributed by atoms with Gasteiger partial charge in [-0.1, -0.05) is 12.1 Å². The van der Waals surface area contributed by atoms with E-state index < -0.39 is 0 Å². The van der Waals surface area contributed by atoms with Gasteiger partial charge in [0.15, 0.2) is 11.5 Å². The summed E-state index contributed by atoms with van der Waals surface area (Å²) in [5.74, 6) is 3.24. The van der Waals surface area contributed by atoms with Crippen LogP contribution in [0.2, 0.25) is 0 Å². The molecule has 0 aliphatic heterocycles. The van der Waals surface area contributed by atoms with Gasteiger partial charge in [-0.05, 0) is 23.1 Å². The molecule has 6 heteroatoms. The van der Waals surface area contributed by atoms with E-state index >= 15 is 0 Å². The molecule has 0 unspecified atom stereocenters. The number of methoxy groups -OCH3 is 5. The Kier molecular flexibility index (Phi) is 5.68. The first-order valence-electron chi connectivity index (χ1n) is 8.71. The van der Waals surface area contributed by atoms with Crippen LogP contribution in [0, 0.1) is 0 Å². The highest BCUT2D eigenvalue weighted by molar-refractivity contribution is 5.92. The molecule has 0 aliphatic carbocycles. The lowest BCUT2D eigenvalue weighted by Gasteiger charge is -2.17. The third kappa shape index (κ3) is 3.45. The Labute approximate surface area is 164 Å². The van der Waals surface area contributed by atoms with E-state index in [1.807, 2.05) is 18.2 Å². The molecule has 6 nitrogen and oxygen atoms in total. The van der Waals surface area contributed by atoms with Gasteiger partial charge in [0.05, 0.1) is 35.5 Å². The summed E-state index contributed by atoms with van der Waals surface area (Å²) in [5.41, 5.74) is 1.56. The van der Waals surface area contributed by atoms with E-state index in [1.165, 1.54) is 0 Å². The van der Waals surface area contributed by atoms with Crippen molar-refractivity contribution in [1.29, 1.82) is 0 Å². The molecule has 0 aliphatic rings. The lowest BCUT2D eigenvalue weighted by atomic mass is 9.98. The molecule has 28 heavy (non-hydrogen) atoms. The zero-order valence-electron chi connectivity index (χ0n) is 16.7. The standard InChI is InChI=1S/C22H24O6/c1-24-15-10-18(25-2)17(19(11-15)26-3)8-14-7-6-13-9-20(27-4)21(28-5)12-16(13)22(14)23/h6-7,9-12,23H,8H2,1-5H3. The quantitative estimate of drug-likeness (QED) is 0.659. The number of phenols is 1. The predicted molar refractivity (Wildman–Crippen MR) is 108 cm³/mol. The van der Waals surface area contributed by atoms with Crippen molar-refractivity contribution in [3.05, 3.63) is 47.5 Å². The second-order valence-corrected chi connectivity index (χ2v) is 6.19. The van der Waals surface area contributed by atoms with Crippen molar-refractivity contribution in [2.45, 2.75) is 6.42 Å². The van der Waals surface area contributed by atoms with E-state index in [4.69, 9.17) is 23.7 Å². The third-order valence-electron chi connectivity index (χ3n) is 4.76. The summed E-state index contributed by atoms with van der Waals surface area (Å²) >= 11 is 0. The number of rotatable bonds is 7. The van der Waals surface area contributed by atoms with Gasteiger partial charge < -0.3 is 28.8 Å². The summed E-state index contributed by atoms with van der Waals surface area (Å²) < 4.78 is 27.0. The zero-order valence-corrected chi connectivity index (χ0v) is 16.7. The molecule has 3 aromatic carbocycles. The number of hydrogen-bond donors (Lipinski definition) is 1. The number of fused-ring (bicyclic) bond motifs is 1. The lowest BCUT2D eigenvalue weighted by Crippen LogP contribution is -2.00. The SMILES string of the molecule is COc1cc(OC)c(Cc2ccc3cc(OC)c(OC)cc3c2O)c(OC)c1. The summed E-state index contributed by atoms with van der Waals surface area (Å²) in [5, 5.41) is 12.5. The first kappa shape index (κ1) is 19.5. The van der Waals surface area contributed by atoms with E-state index in [9.17, 15) is 5.11 Å². The van der Waals surface area contributed by atoms with Crippen LogP contribution in [0.5, 0.6) is 34.5 Å². The van der Waals surface area contributed by atoms with Crippen LogP contribution in [0.25, 0.3) is 10.8 Å². The van der Waals surface area contributed by atoms with Gasteiger partial charge in [-0.15, -0.1) is 0 Å². The van der Waals surface area contributed by atoms with Gasteiger partial charge in [0.1, 0.15) is 23.0 Å². The molecule has 0 spiro atoms. The fraction of sp³-hybridized carbons (Fsp3) is 0.273. The van der Waals surface area contributed by atoms with Crippen LogP contribution in [0.15, 0.2) is 36.4 Å². The highest BCUT2D eigenvalue weighted by atomic mass is 16.5. The Morgan fingerprint density at radius 1 is 0.679 bits per heavy atom. The molecule has 3 rings (SSSR count). The van der Waals surface area contributed by atoms with Crippen molar-refractivity contribution >= 4 is 10.8 Å². The Bertz CT molecular complexity index is 971. The van der Waals surface area contributed by atoms with E-state index in [0.29, 0.717) is 40.6 Å². The van der Waals surface area contributed by atoms with Crippen molar-refractivity contribution < 1.29 is 28.8 Å². The van der Waals surface area contributed by atoms with Crippen molar-refractivity contribution in [2.24, 2.45) is 0 Å². The topological polar surface area (TPSA) is 66.4 Å². The minimum Gasteiger partial charge on any atom is -0.507 e. The van der Waals surface area contributed by atoms with E-state index in [2.05, 4.69) is 0 Å². The minimum absolute atomic E-state index is 0.179. The molecule has 0 aromatic heterocycles. The second-order valence-electron chi connectivity index (χ2n) is 6.19. The maximum atomic E-state index is 10.9. The summed E-state index contributed by atoms with van der Waals surface area (Å²) in [4.78, 5) is 0. The van der Waals surface area contributed by atoms with Gasteiger partial charge in [0, 0.05) is 29.5 Å². The van der Waals surface area contributed by atoms with E-state index in [1.54, 1.807) is 53.7 Å². The molecular formula is C22H24O6. The van der Waals surface area contributed by atoms with Crippen LogP contribution in [0.3, 0.4) is 0 Å². The maximum absolute atomic E-state index is 10.9. The largest absolute Gasteiger partial charge is 0.507 e. The van der Waals surface area contributed by atoms with Gasteiger partial charge in [-0.25, -0.2) is 0 Å².